The number of thiophene rings is 1. The molecule has 0 saturated heterocycles. The van der Waals surface area contributed by atoms with Crippen molar-refractivity contribution in [3.05, 3.63) is 71.1 Å². The fourth-order valence-corrected chi connectivity index (χ4v) is 3.63. The first-order chi connectivity index (χ1) is 13.2. The first kappa shape index (κ1) is 19.0. The van der Waals surface area contributed by atoms with Gasteiger partial charge >= 0.3 is 6.09 Å². The zero-order valence-corrected chi connectivity index (χ0v) is 16.4. The van der Waals surface area contributed by atoms with Crippen LogP contribution < -0.4 is 10.6 Å². The molecule has 1 heterocycles. The maximum atomic E-state index is 11.7. The molecule has 0 radical (unpaired) electrons. The summed E-state index contributed by atoms with van der Waals surface area (Å²) in [5.74, 6) is 0. The van der Waals surface area contributed by atoms with Crippen molar-refractivity contribution in [2.24, 2.45) is 0 Å². The van der Waals surface area contributed by atoms with E-state index in [-0.39, 0.29) is 0 Å². The van der Waals surface area contributed by atoms with E-state index < -0.39 is 6.09 Å². The molecule has 0 spiro atoms. The summed E-state index contributed by atoms with van der Waals surface area (Å²) in [6.45, 7) is 5.13. The Hall–Kier alpha value is -2.79. The molecule has 0 aliphatic carbocycles. The van der Waals surface area contributed by atoms with Crippen LogP contribution in [0.2, 0.25) is 0 Å². The van der Waals surface area contributed by atoms with E-state index in [0.29, 0.717) is 6.61 Å². The van der Waals surface area contributed by atoms with E-state index in [2.05, 4.69) is 47.0 Å². The predicted octanol–water partition coefficient (Wildman–Crippen LogP) is 6.29. The normalized spacial score (nSPS) is 10.4. The quantitative estimate of drug-likeness (QED) is 0.506. The van der Waals surface area contributed by atoms with Gasteiger partial charge in [0, 0.05) is 27.7 Å². The molecule has 4 nitrogen and oxygen atoms in total. The van der Waals surface area contributed by atoms with E-state index in [1.807, 2.05) is 38.1 Å². The van der Waals surface area contributed by atoms with Crippen molar-refractivity contribution in [2.45, 2.75) is 26.8 Å². The summed E-state index contributed by atoms with van der Waals surface area (Å²) < 4.78 is 5.06. The second-order valence-corrected chi connectivity index (χ2v) is 7.44. The van der Waals surface area contributed by atoms with Crippen LogP contribution in [-0.4, -0.2) is 12.7 Å². The Morgan fingerprint density at radius 1 is 1.07 bits per heavy atom. The molecule has 1 aromatic heterocycles. The Kier molecular flexibility index (Phi) is 6.49. The third kappa shape index (κ3) is 5.34. The molecule has 2 N–H and O–H groups in total. The summed E-state index contributed by atoms with van der Waals surface area (Å²) in [6.07, 6.45) is 0.400. The highest BCUT2D eigenvalue weighted by molar-refractivity contribution is 7.15. The van der Waals surface area contributed by atoms with Gasteiger partial charge in [0.05, 0.1) is 6.61 Å². The van der Waals surface area contributed by atoms with Gasteiger partial charge in [-0.1, -0.05) is 37.3 Å². The lowest BCUT2D eigenvalue weighted by atomic mass is 10.1. The molecule has 0 aliphatic heterocycles. The van der Waals surface area contributed by atoms with Crippen LogP contribution in [0, 0.1) is 6.92 Å². The number of hydrogen-bond donors (Lipinski definition) is 2. The third-order valence-corrected chi connectivity index (χ3v) is 5.22. The average Bonchev–Trinajstić information content (AvgIpc) is 3.16. The van der Waals surface area contributed by atoms with Gasteiger partial charge in [0.1, 0.15) is 0 Å². The second kappa shape index (κ2) is 9.24. The van der Waals surface area contributed by atoms with Gasteiger partial charge in [0.25, 0.3) is 0 Å². The van der Waals surface area contributed by atoms with Crippen LogP contribution in [0.15, 0.2) is 60.7 Å². The molecule has 0 saturated carbocycles. The summed E-state index contributed by atoms with van der Waals surface area (Å²) >= 11 is 1.79. The summed E-state index contributed by atoms with van der Waals surface area (Å²) in [4.78, 5) is 14.2. The minimum atomic E-state index is -0.410. The monoisotopic (exact) mass is 380 g/mol. The molecule has 27 heavy (non-hydrogen) atoms. The zero-order chi connectivity index (χ0) is 19.1. The second-order valence-electron chi connectivity index (χ2n) is 6.28. The lowest BCUT2D eigenvalue weighted by Gasteiger charge is -2.11. The number of carbonyl (C=O) groups excluding carboxylic acids is 1. The summed E-state index contributed by atoms with van der Waals surface area (Å²) in [5.41, 5.74) is 4.03. The van der Waals surface area contributed by atoms with Gasteiger partial charge in [-0.25, -0.2) is 4.79 Å². The maximum absolute atomic E-state index is 11.7. The van der Waals surface area contributed by atoms with Gasteiger partial charge in [-0.05, 0) is 54.8 Å². The van der Waals surface area contributed by atoms with E-state index in [1.54, 1.807) is 11.3 Å². The number of rotatable bonds is 7. The van der Waals surface area contributed by atoms with Crippen molar-refractivity contribution in [3.63, 3.8) is 0 Å². The van der Waals surface area contributed by atoms with Crippen molar-refractivity contribution >= 4 is 28.8 Å². The van der Waals surface area contributed by atoms with E-state index in [4.69, 9.17) is 4.74 Å². The van der Waals surface area contributed by atoms with E-state index in [9.17, 15) is 4.79 Å². The number of aryl methyl sites for hydroxylation is 1. The molecule has 5 heteroatoms. The molecule has 0 unspecified atom stereocenters. The minimum absolute atomic E-state index is 0.410. The topological polar surface area (TPSA) is 50.4 Å². The molecule has 0 bridgehead atoms. The Morgan fingerprint density at radius 2 is 1.89 bits per heavy atom. The Labute approximate surface area is 164 Å². The summed E-state index contributed by atoms with van der Waals surface area (Å²) in [5, 5.41) is 6.23. The lowest BCUT2D eigenvalue weighted by Crippen LogP contribution is -2.14. The summed E-state index contributed by atoms with van der Waals surface area (Å²) in [6, 6.07) is 20.6. The van der Waals surface area contributed by atoms with Crippen LogP contribution in [0.3, 0.4) is 0 Å². The number of hydrogen-bond acceptors (Lipinski definition) is 4. The van der Waals surface area contributed by atoms with Gasteiger partial charge in [-0.2, -0.15) is 0 Å². The molecule has 0 atom stereocenters. The third-order valence-electron chi connectivity index (χ3n) is 4.09. The smallest absolute Gasteiger partial charge is 0.411 e. The fraction of sp³-hybridized carbons (Fsp3) is 0.227. The Balaban J connectivity index is 1.58. The van der Waals surface area contributed by atoms with Crippen molar-refractivity contribution in [2.75, 3.05) is 17.2 Å². The van der Waals surface area contributed by atoms with Crippen LogP contribution in [0.25, 0.3) is 10.4 Å². The van der Waals surface area contributed by atoms with Crippen LogP contribution >= 0.6 is 11.3 Å². The molecule has 3 aromatic rings. The van der Waals surface area contributed by atoms with Crippen LogP contribution in [0.5, 0.6) is 0 Å². The Bertz CT molecular complexity index is 890. The largest absolute Gasteiger partial charge is 0.449 e. The molecule has 3 rings (SSSR count). The lowest BCUT2D eigenvalue weighted by molar-refractivity contribution is 0.161. The van der Waals surface area contributed by atoms with E-state index in [1.165, 1.54) is 15.3 Å². The molecule has 0 aliphatic rings. The number of anilines is 2. The first-order valence-corrected chi connectivity index (χ1v) is 9.90. The minimum Gasteiger partial charge on any atom is -0.449 e. The van der Waals surface area contributed by atoms with Crippen molar-refractivity contribution in [1.29, 1.82) is 0 Å². The number of benzene rings is 2. The molecule has 2 aromatic carbocycles. The number of ether oxygens (including phenoxy) is 1. The standard InChI is InChI=1S/C22H24N2O2S/c1-3-13-26-22(25)24-20-11-9-18(14-16(20)2)23-15-19-10-12-21(27-19)17-7-5-4-6-8-17/h4-12,14,23H,3,13,15H2,1-2H3,(H,24,25). The SMILES string of the molecule is CCCOC(=O)Nc1ccc(NCc2ccc(-c3ccccc3)s2)cc1C. The van der Waals surface area contributed by atoms with Gasteiger partial charge in [-0.3, -0.25) is 5.32 Å². The number of carbonyl (C=O) groups is 1. The van der Waals surface area contributed by atoms with Gasteiger partial charge in [0.15, 0.2) is 0 Å². The number of nitrogens with one attached hydrogen (secondary N) is 2. The van der Waals surface area contributed by atoms with Crippen molar-refractivity contribution in [1.82, 2.24) is 0 Å². The highest BCUT2D eigenvalue weighted by Crippen LogP contribution is 2.28. The molecular formula is C22H24N2O2S. The Morgan fingerprint density at radius 3 is 2.63 bits per heavy atom. The predicted molar refractivity (Wildman–Crippen MR) is 114 cm³/mol. The van der Waals surface area contributed by atoms with Gasteiger partial charge in [0.2, 0.25) is 0 Å². The van der Waals surface area contributed by atoms with E-state index >= 15 is 0 Å². The van der Waals surface area contributed by atoms with Gasteiger partial charge < -0.3 is 10.1 Å². The summed E-state index contributed by atoms with van der Waals surface area (Å²) in [7, 11) is 0. The van der Waals surface area contributed by atoms with Crippen LogP contribution in [0.1, 0.15) is 23.8 Å². The van der Waals surface area contributed by atoms with Crippen molar-refractivity contribution in [3.8, 4) is 10.4 Å². The first-order valence-electron chi connectivity index (χ1n) is 9.08. The zero-order valence-electron chi connectivity index (χ0n) is 15.6. The highest BCUT2D eigenvalue weighted by Gasteiger charge is 2.07. The molecule has 140 valence electrons. The fourth-order valence-electron chi connectivity index (χ4n) is 2.67. The van der Waals surface area contributed by atoms with Crippen LogP contribution in [0.4, 0.5) is 16.2 Å². The average molecular weight is 381 g/mol. The molecule has 0 fully saturated rings. The maximum Gasteiger partial charge on any atom is 0.411 e. The highest BCUT2D eigenvalue weighted by atomic mass is 32.1. The molecule has 1 amide bonds. The van der Waals surface area contributed by atoms with E-state index in [0.717, 1.165) is 29.9 Å². The van der Waals surface area contributed by atoms with Crippen LogP contribution in [-0.2, 0) is 11.3 Å². The van der Waals surface area contributed by atoms with Crippen molar-refractivity contribution < 1.29 is 9.53 Å². The molecular weight excluding hydrogens is 356 g/mol. The van der Waals surface area contributed by atoms with Gasteiger partial charge in [-0.15, -0.1) is 11.3 Å². The number of amides is 1.